The molecule has 3 aromatic carbocycles. The van der Waals surface area contributed by atoms with Gasteiger partial charge < -0.3 is 10.2 Å². The van der Waals surface area contributed by atoms with Gasteiger partial charge in [-0.25, -0.2) is 4.39 Å². The Labute approximate surface area is 184 Å². The fourth-order valence-corrected chi connectivity index (χ4v) is 2.97. The molecule has 30 heavy (non-hydrogen) atoms. The van der Waals surface area contributed by atoms with Crippen molar-refractivity contribution in [1.82, 2.24) is 4.90 Å². The van der Waals surface area contributed by atoms with Crippen molar-refractivity contribution in [1.29, 1.82) is 0 Å². The molecule has 0 fully saturated rings. The Morgan fingerprint density at radius 2 is 1.57 bits per heavy atom. The molecule has 0 unspecified atom stereocenters. The molecule has 2 amide bonds. The van der Waals surface area contributed by atoms with Crippen LogP contribution in [0.1, 0.15) is 15.9 Å². The first-order valence-electron chi connectivity index (χ1n) is 9.10. The first-order valence-corrected chi connectivity index (χ1v) is 10.7. The van der Waals surface area contributed by atoms with Crippen LogP contribution in [0, 0.1) is 12.7 Å². The van der Waals surface area contributed by atoms with Crippen molar-refractivity contribution in [3.63, 3.8) is 0 Å². The topological polar surface area (TPSA) is 49.4 Å². The van der Waals surface area contributed by atoms with Gasteiger partial charge in [0, 0.05) is 23.2 Å². The van der Waals surface area contributed by atoms with Crippen LogP contribution in [-0.4, -0.2) is 30.3 Å². The molecule has 0 atom stereocenters. The van der Waals surface area contributed by atoms with Crippen molar-refractivity contribution in [2.75, 3.05) is 18.9 Å². The van der Waals surface area contributed by atoms with Crippen LogP contribution in [0.25, 0.3) is 0 Å². The third kappa shape index (κ3) is 7.89. The maximum atomic E-state index is 12.9. The summed E-state index contributed by atoms with van der Waals surface area (Å²) >= 11 is 0. The Bertz CT molecular complexity index is 951. The van der Waals surface area contributed by atoms with Crippen LogP contribution in [0.3, 0.4) is 0 Å². The zero-order valence-electron chi connectivity index (χ0n) is 16.6. The molecule has 156 valence electrons. The molecule has 0 bridgehead atoms. The molecule has 3 aromatic rings. The zero-order valence-corrected chi connectivity index (χ0v) is 18.2. The summed E-state index contributed by atoms with van der Waals surface area (Å²) in [6.07, 6.45) is 0. The minimum absolute atomic E-state index is 0.109. The molecule has 0 saturated carbocycles. The number of halogens is 2. The lowest BCUT2D eigenvalue weighted by molar-refractivity contribution is -0.116. The number of aryl methyl sites for hydroxylation is 1. The Morgan fingerprint density at radius 1 is 0.967 bits per heavy atom. The Hall–Kier alpha value is -2.83. The number of carbonyl (C=O) groups excluding carboxylic acids is 2. The number of likely N-dealkylation sites (N-methyl/N-ethyl adjacent to an activating group) is 1. The SMILES string of the molecule is CN(CC(=O)Nc1ccc(SCl)cc1)C(=O)c1ccc(F)cc1.Cc1ccccc1. The number of nitrogens with one attached hydrogen (secondary N) is 1. The zero-order chi connectivity index (χ0) is 21.9. The summed E-state index contributed by atoms with van der Waals surface area (Å²) in [7, 11) is 8.22. The predicted molar refractivity (Wildman–Crippen MR) is 121 cm³/mol. The number of carbonyl (C=O) groups is 2. The molecule has 1 N–H and O–H groups in total. The number of rotatable bonds is 5. The minimum Gasteiger partial charge on any atom is -0.332 e. The number of hydrogen-bond donors (Lipinski definition) is 1. The van der Waals surface area contributed by atoms with Gasteiger partial charge in [0.15, 0.2) is 0 Å². The Balaban J connectivity index is 0.000000386. The van der Waals surface area contributed by atoms with E-state index < -0.39 is 5.82 Å². The maximum absolute atomic E-state index is 12.9. The minimum atomic E-state index is -0.416. The lowest BCUT2D eigenvalue weighted by Crippen LogP contribution is -2.34. The van der Waals surface area contributed by atoms with Gasteiger partial charge in [-0.15, -0.1) is 0 Å². The van der Waals surface area contributed by atoms with Crippen LogP contribution < -0.4 is 5.32 Å². The summed E-state index contributed by atoms with van der Waals surface area (Å²) in [4.78, 5) is 26.2. The Morgan fingerprint density at radius 3 is 2.07 bits per heavy atom. The van der Waals surface area contributed by atoms with Crippen molar-refractivity contribution in [2.24, 2.45) is 0 Å². The summed E-state index contributed by atoms with van der Waals surface area (Å²) in [5, 5.41) is 2.69. The molecule has 4 nitrogen and oxygen atoms in total. The highest BCUT2D eigenvalue weighted by atomic mass is 35.7. The van der Waals surface area contributed by atoms with Gasteiger partial charge in [-0.2, -0.15) is 0 Å². The van der Waals surface area contributed by atoms with E-state index in [1.807, 2.05) is 18.2 Å². The molecule has 0 aliphatic rings. The van der Waals surface area contributed by atoms with Gasteiger partial charge in [-0.05, 0) is 77.1 Å². The quantitative estimate of drug-likeness (QED) is 0.542. The summed E-state index contributed by atoms with van der Waals surface area (Å²) in [5.74, 6) is -1.09. The van der Waals surface area contributed by atoms with E-state index in [4.69, 9.17) is 10.7 Å². The number of amides is 2. The van der Waals surface area contributed by atoms with Gasteiger partial charge in [0.2, 0.25) is 5.91 Å². The van der Waals surface area contributed by atoms with E-state index >= 15 is 0 Å². The predicted octanol–water partition coefficient (Wildman–Crippen LogP) is 5.78. The largest absolute Gasteiger partial charge is 0.332 e. The van der Waals surface area contributed by atoms with Gasteiger partial charge in [0.25, 0.3) is 5.91 Å². The summed E-state index contributed by atoms with van der Waals surface area (Å²) < 4.78 is 12.9. The number of hydrogen-bond acceptors (Lipinski definition) is 3. The van der Waals surface area contributed by atoms with Crippen molar-refractivity contribution in [3.8, 4) is 0 Å². The highest BCUT2D eigenvalue weighted by molar-refractivity contribution is 8.21. The summed E-state index contributed by atoms with van der Waals surface area (Å²) in [6, 6.07) is 22.5. The average molecular weight is 445 g/mol. The van der Waals surface area contributed by atoms with Crippen LogP contribution in [-0.2, 0) is 4.79 Å². The van der Waals surface area contributed by atoms with E-state index in [2.05, 4.69) is 24.4 Å². The van der Waals surface area contributed by atoms with Gasteiger partial charge in [-0.3, -0.25) is 9.59 Å². The molecule has 0 saturated heterocycles. The van der Waals surface area contributed by atoms with Crippen LogP contribution in [0.5, 0.6) is 0 Å². The summed E-state index contributed by atoms with van der Waals surface area (Å²) in [5.41, 5.74) is 2.26. The van der Waals surface area contributed by atoms with Crippen LogP contribution in [0.2, 0.25) is 0 Å². The monoisotopic (exact) mass is 444 g/mol. The van der Waals surface area contributed by atoms with Crippen LogP contribution >= 0.6 is 21.7 Å². The smallest absolute Gasteiger partial charge is 0.254 e. The van der Waals surface area contributed by atoms with Crippen LogP contribution in [0.15, 0.2) is 83.8 Å². The first kappa shape index (κ1) is 23.4. The molecular weight excluding hydrogens is 423 g/mol. The lowest BCUT2D eigenvalue weighted by Gasteiger charge is -2.17. The average Bonchev–Trinajstić information content (AvgIpc) is 2.75. The molecule has 0 spiro atoms. The summed E-state index contributed by atoms with van der Waals surface area (Å²) in [6.45, 7) is 1.97. The van der Waals surface area contributed by atoms with E-state index in [9.17, 15) is 14.0 Å². The molecule has 0 aliphatic heterocycles. The van der Waals surface area contributed by atoms with Gasteiger partial charge in [-0.1, -0.05) is 35.9 Å². The third-order valence-electron chi connectivity index (χ3n) is 3.99. The Kier molecular flexibility index (Phi) is 9.38. The third-order valence-corrected chi connectivity index (χ3v) is 4.97. The van der Waals surface area contributed by atoms with E-state index in [-0.39, 0.29) is 18.4 Å². The molecule has 3 rings (SSSR count). The van der Waals surface area contributed by atoms with Gasteiger partial charge >= 0.3 is 0 Å². The van der Waals surface area contributed by atoms with Gasteiger partial charge in [0.05, 0.1) is 6.54 Å². The second kappa shape index (κ2) is 12.0. The molecule has 7 heteroatoms. The highest BCUT2D eigenvalue weighted by Crippen LogP contribution is 2.23. The normalized spacial score (nSPS) is 9.87. The molecule has 0 aromatic heterocycles. The fourth-order valence-electron chi connectivity index (χ4n) is 2.42. The van der Waals surface area contributed by atoms with E-state index in [0.717, 1.165) is 15.9 Å². The lowest BCUT2D eigenvalue weighted by atomic mass is 10.2. The first-order chi connectivity index (χ1) is 14.4. The molecule has 0 heterocycles. The van der Waals surface area contributed by atoms with E-state index in [1.165, 1.54) is 41.8 Å². The van der Waals surface area contributed by atoms with Gasteiger partial charge in [0.1, 0.15) is 5.82 Å². The molecule has 0 aliphatic carbocycles. The number of nitrogens with zero attached hydrogens (tertiary/aromatic N) is 1. The van der Waals surface area contributed by atoms with E-state index in [1.54, 1.807) is 24.3 Å². The highest BCUT2D eigenvalue weighted by Gasteiger charge is 2.15. The van der Waals surface area contributed by atoms with E-state index in [0.29, 0.717) is 11.3 Å². The fraction of sp³-hybridized carbons (Fsp3) is 0.130. The van der Waals surface area contributed by atoms with Crippen molar-refractivity contribution >= 4 is 39.2 Å². The number of anilines is 1. The standard InChI is InChI=1S/C16H14ClFN2O2S.C7H8/c1-20(16(22)11-2-4-12(18)5-3-11)10-15(21)19-13-6-8-14(23-17)9-7-13;1-7-5-3-2-4-6-7/h2-9H,10H2,1H3,(H,19,21);2-6H,1H3. The molecular formula is C23H22ClFN2O2S. The second-order valence-corrected chi connectivity index (χ2v) is 7.56. The molecule has 0 radical (unpaired) electrons. The van der Waals surface area contributed by atoms with Crippen molar-refractivity contribution < 1.29 is 14.0 Å². The number of benzene rings is 3. The van der Waals surface area contributed by atoms with Crippen molar-refractivity contribution in [3.05, 3.63) is 95.8 Å². The van der Waals surface area contributed by atoms with Crippen molar-refractivity contribution in [2.45, 2.75) is 11.8 Å². The van der Waals surface area contributed by atoms with Crippen LogP contribution in [0.4, 0.5) is 10.1 Å². The second-order valence-electron chi connectivity index (χ2n) is 6.47. The maximum Gasteiger partial charge on any atom is 0.254 e.